The molecule has 0 saturated carbocycles. The molecule has 0 spiro atoms. The molecule has 2 N–H and O–H groups in total. The van der Waals surface area contributed by atoms with Crippen molar-refractivity contribution in [2.24, 2.45) is 5.92 Å². The molecule has 2 atom stereocenters. The Kier molecular flexibility index (Phi) is 4.64. The fourth-order valence-corrected chi connectivity index (χ4v) is 2.21. The van der Waals surface area contributed by atoms with Gasteiger partial charge in [0.15, 0.2) is 0 Å². The van der Waals surface area contributed by atoms with E-state index < -0.39 is 24.0 Å². The minimum atomic E-state index is -0.974. The topological polar surface area (TPSA) is 88.1 Å². The highest BCUT2D eigenvalue weighted by Crippen LogP contribution is 2.26. The third kappa shape index (κ3) is 3.25. The molecular formula is C14H18N2O5. The SMILES string of the molecule is COc1ccccc1N(C)C(=O)NC1COCC1C(=O)O. The zero-order valence-electron chi connectivity index (χ0n) is 11.9. The van der Waals surface area contributed by atoms with Gasteiger partial charge >= 0.3 is 12.0 Å². The molecule has 0 aromatic heterocycles. The number of nitrogens with one attached hydrogen (secondary N) is 1. The Hall–Kier alpha value is -2.28. The van der Waals surface area contributed by atoms with Crippen molar-refractivity contribution in [2.75, 3.05) is 32.3 Å². The van der Waals surface area contributed by atoms with E-state index >= 15 is 0 Å². The van der Waals surface area contributed by atoms with Crippen LogP contribution in [0.25, 0.3) is 0 Å². The van der Waals surface area contributed by atoms with Gasteiger partial charge in [-0.15, -0.1) is 0 Å². The molecule has 2 unspecified atom stereocenters. The van der Waals surface area contributed by atoms with Crippen molar-refractivity contribution in [1.29, 1.82) is 0 Å². The van der Waals surface area contributed by atoms with Gasteiger partial charge in [-0.3, -0.25) is 9.69 Å². The Bertz CT molecular complexity index is 534. The third-order valence-corrected chi connectivity index (χ3v) is 3.46. The standard InChI is InChI=1S/C14H18N2O5/c1-16(11-5-3-4-6-12(11)20-2)14(19)15-10-8-21-7-9(10)13(17)18/h3-6,9-10H,7-8H2,1-2H3,(H,15,19)(H,17,18). The van der Waals surface area contributed by atoms with Gasteiger partial charge in [-0.25, -0.2) is 4.79 Å². The lowest BCUT2D eigenvalue weighted by molar-refractivity contribution is -0.142. The first-order valence-electron chi connectivity index (χ1n) is 6.52. The predicted octanol–water partition coefficient (Wildman–Crippen LogP) is 0.941. The summed E-state index contributed by atoms with van der Waals surface area (Å²) in [6.45, 7) is 0.307. The first-order valence-corrected chi connectivity index (χ1v) is 6.52. The van der Waals surface area contributed by atoms with Crippen molar-refractivity contribution in [2.45, 2.75) is 6.04 Å². The van der Waals surface area contributed by atoms with Crippen LogP contribution in [-0.4, -0.2) is 50.5 Å². The molecule has 2 amide bonds. The van der Waals surface area contributed by atoms with Crippen LogP contribution in [-0.2, 0) is 9.53 Å². The number of urea groups is 1. The van der Waals surface area contributed by atoms with Gasteiger partial charge in [-0.05, 0) is 12.1 Å². The maximum absolute atomic E-state index is 12.2. The molecule has 21 heavy (non-hydrogen) atoms. The number of amides is 2. The first kappa shape index (κ1) is 15.1. The van der Waals surface area contributed by atoms with Gasteiger partial charge in [0.1, 0.15) is 11.7 Å². The lowest BCUT2D eigenvalue weighted by Gasteiger charge is -2.23. The number of carbonyl (C=O) groups excluding carboxylic acids is 1. The van der Waals surface area contributed by atoms with Crippen LogP contribution in [0.3, 0.4) is 0 Å². The van der Waals surface area contributed by atoms with Gasteiger partial charge in [0.05, 0.1) is 32.1 Å². The second kappa shape index (κ2) is 6.45. The summed E-state index contributed by atoms with van der Waals surface area (Å²) < 4.78 is 10.3. The second-order valence-corrected chi connectivity index (χ2v) is 4.77. The van der Waals surface area contributed by atoms with Crippen LogP contribution >= 0.6 is 0 Å². The molecule has 7 heteroatoms. The summed E-state index contributed by atoms with van der Waals surface area (Å²) in [7, 11) is 3.12. The number of benzene rings is 1. The van der Waals surface area contributed by atoms with E-state index in [1.165, 1.54) is 12.0 Å². The maximum Gasteiger partial charge on any atom is 0.322 e. The van der Waals surface area contributed by atoms with Crippen molar-refractivity contribution >= 4 is 17.7 Å². The molecular weight excluding hydrogens is 276 g/mol. The second-order valence-electron chi connectivity index (χ2n) is 4.77. The summed E-state index contributed by atoms with van der Waals surface area (Å²) in [6.07, 6.45) is 0. The van der Waals surface area contributed by atoms with Gasteiger partial charge < -0.3 is 19.9 Å². The normalized spacial score (nSPS) is 20.9. The minimum absolute atomic E-state index is 0.110. The number of para-hydroxylation sites is 2. The molecule has 1 aliphatic rings. The van der Waals surface area contributed by atoms with Gasteiger partial charge in [-0.1, -0.05) is 12.1 Å². The Morgan fingerprint density at radius 3 is 2.76 bits per heavy atom. The van der Waals surface area contributed by atoms with Crippen molar-refractivity contribution in [3.05, 3.63) is 24.3 Å². The number of methoxy groups -OCH3 is 1. The maximum atomic E-state index is 12.2. The van der Waals surface area contributed by atoms with E-state index in [0.29, 0.717) is 11.4 Å². The molecule has 2 rings (SSSR count). The average Bonchev–Trinajstić information content (AvgIpc) is 2.94. The molecule has 1 heterocycles. The fraction of sp³-hybridized carbons (Fsp3) is 0.429. The van der Waals surface area contributed by atoms with Crippen LogP contribution in [0.15, 0.2) is 24.3 Å². The van der Waals surface area contributed by atoms with Crippen molar-refractivity contribution in [3.8, 4) is 5.75 Å². The third-order valence-electron chi connectivity index (χ3n) is 3.46. The van der Waals surface area contributed by atoms with Crippen LogP contribution in [0, 0.1) is 5.92 Å². The lowest BCUT2D eigenvalue weighted by Crippen LogP contribution is -2.48. The van der Waals surface area contributed by atoms with Gasteiger partial charge in [0, 0.05) is 7.05 Å². The van der Waals surface area contributed by atoms with E-state index in [0.717, 1.165) is 0 Å². The van der Waals surface area contributed by atoms with E-state index in [9.17, 15) is 9.59 Å². The summed E-state index contributed by atoms with van der Waals surface area (Å²) in [6, 6.07) is 6.16. The summed E-state index contributed by atoms with van der Waals surface area (Å²) in [5.74, 6) is -1.13. The monoisotopic (exact) mass is 294 g/mol. The molecule has 1 fully saturated rings. The number of rotatable bonds is 4. The number of ether oxygens (including phenoxy) is 2. The molecule has 0 bridgehead atoms. The van der Waals surface area contributed by atoms with Gasteiger partial charge in [-0.2, -0.15) is 0 Å². The summed E-state index contributed by atoms with van der Waals surface area (Å²) >= 11 is 0. The number of aliphatic carboxylic acids is 1. The van der Waals surface area contributed by atoms with Crippen LogP contribution in [0.1, 0.15) is 0 Å². The van der Waals surface area contributed by atoms with E-state index in [-0.39, 0.29) is 13.2 Å². The molecule has 1 aromatic carbocycles. The average molecular weight is 294 g/mol. The number of anilines is 1. The minimum Gasteiger partial charge on any atom is -0.495 e. The molecule has 1 saturated heterocycles. The fourth-order valence-electron chi connectivity index (χ4n) is 2.21. The van der Waals surface area contributed by atoms with Gasteiger partial charge in [0.2, 0.25) is 0 Å². The van der Waals surface area contributed by atoms with Crippen LogP contribution in [0.4, 0.5) is 10.5 Å². The highest BCUT2D eigenvalue weighted by atomic mass is 16.5. The zero-order valence-corrected chi connectivity index (χ0v) is 11.9. The Labute approximate surface area is 122 Å². The van der Waals surface area contributed by atoms with Crippen molar-refractivity contribution in [1.82, 2.24) is 5.32 Å². The number of hydrogen-bond donors (Lipinski definition) is 2. The quantitative estimate of drug-likeness (QED) is 0.863. The van der Waals surface area contributed by atoms with Crippen LogP contribution in [0.2, 0.25) is 0 Å². The zero-order chi connectivity index (χ0) is 15.4. The van der Waals surface area contributed by atoms with Crippen LogP contribution < -0.4 is 15.0 Å². The summed E-state index contributed by atoms with van der Waals surface area (Å²) in [5, 5.41) is 11.8. The largest absolute Gasteiger partial charge is 0.495 e. The first-order chi connectivity index (χ1) is 10.0. The molecule has 114 valence electrons. The Morgan fingerprint density at radius 2 is 2.10 bits per heavy atom. The Balaban J connectivity index is 2.07. The summed E-state index contributed by atoms with van der Waals surface area (Å²) in [4.78, 5) is 24.7. The number of carboxylic acid groups (broad SMARTS) is 1. The number of nitrogens with zero attached hydrogens (tertiary/aromatic N) is 1. The summed E-state index contributed by atoms with van der Waals surface area (Å²) in [5.41, 5.74) is 0.600. The van der Waals surface area contributed by atoms with Crippen molar-refractivity contribution < 1.29 is 24.2 Å². The van der Waals surface area contributed by atoms with E-state index in [2.05, 4.69) is 5.32 Å². The highest BCUT2D eigenvalue weighted by Gasteiger charge is 2.35. The van der Waals surface area contributed by atoms with E-state index in [4.69, 9.17) is 14.6 Å². The molecule has 0 aliphatic carbocycles. The molecule has 1 aliphatic heterocycles. The highest BCUT2D eigenvalue weighted by molar-refractivity contribution is 5.93. The number of carboxylic acids is 1. The van der Waals surface area contributed by atoms with Gasteiger partial charge in [0.25, 0.3) is 0 Å². The molecule has 0 radical (unpaired) electrons. The lowest BCUT2D eigenvalue weighted by atomic mass is 10.0. The van der Waals surface area contributed by atoms with E-state index in [1.807, 2.05) is 0 Å². The number of hydrogen-bond acceptors (Lipinski definition) is 4. The van der Waals surface area contributed by atoms with Crippen LogP contribution in [0.5, 0.6) is 5.75 Å². The smallest absolute Gasteiger partial charge is 0.322 e. The van der Waals surface area contributed by atoms with E-state index in [1.54, 1.807) is 31.3 Å². The Morgan fingerprint density at radius 1 is 1.38 bits per heavy atom. The van der Waals surface area contributed by atoms with Crippen molar-refractivity contribution in [3.63, 3.8) is 0 Å². The molecule has 1 aromatic rings. The molecule has 7 nitrogen and oxygen atoms in total. The predicted molar refractivity (Wildman–Crippen MR) is 75.7 cm³/mol. The number of carbonyl (C=O) groups is 2.